The molecule has 0 bridgehead atoms. The quantitative estimate of drug-likeness (QED) is 0.491. The number of pyridine rings is 1. The van der Waals surface area contributed by atoms with E-state index >= 15 is 0 Å². The number of aromatic nitrogens is 2. The standard InChI is InChI=1S/C21H17F3N4O3S/c1-12-17(13(2)31-28-12)10-32-20-16(4-3-7-26-20)19(29)27-15-5-6-18(14(8-15)9-25)30-11-21(22,23)24/h3-8H,10-11H2,1-2H3,(H,27,29). The summed E-state index contributed by atoms with van der Waals surface area (Å²) in [5, 5.41) is 16.2. The Bertz CT molecular complexity index is 1150. The first-order valence-electron chi connectivity index (χ1n) is 9.22. The van der Waals surface area contributed by atoms with Crippen LogP contribution in [-0.2, 0) is 5.75 Å². The summed E-state index contributed by atoms with van der Waals surface area (Å²) >= 11 is 1.34. The molecule has 166 valence electrons. The van der Waals surface area contributed by atoms with Gasteiger partial charge in [-0.25, -0.2) is 4.98 Å². The Labute approximate surface area is 185 Å². The minimum absolute atomic E-state index is 0.133. The van der Waals surface area contributed by atoms with E-state index in [1.165, 1.54) is 30.0 Å². The highest BCUT2D eigenvalue weighted by atomic mass is 32.2. The minimum atomic E-state index is -4.53. The summed E-state index contributed by atoms with van der Waals surface area (Å²) in [5.74, 6) is 0.489. The van der Waals surface area contributed by atoms with Gasteiger partial charge in [0.15, 0.2) is 6.61 Å². The van der Waals surface area contributed by atoms with Gasteiger partial charge >= 0.3 is 6.18 Å². The fraction of sp³-hybridized carbons (Fsp3) is 0.238. The number of halogens is 3. The van der Waals surface area contributed by atoms with E-state index in [2.05, 4.69) is 20.2 Å². The molecule has 2 heterocycles. The third kappa shape index (κ3) is 5.79. The molecule has 0 atom stereocenters. The van der Waals surface area contributed by atoms with Crippen molar-refractivity contribution in [3.63, 3.8) is 0 Å². The smallest absolute Gasteiger partial charge is 0.422 e. The summed E-state index contributed by atoms with van der Waals surface area (Å²) < 4.78 is 46.9. The van der Waals surface area contributed by atoms with Gasteiger partial charge in [0.25, 0.3) is 5.91 Å². The first kappa shape index (κ1) is 23.1. The first-order valence-corrected chi connectivity index (χ1v) is 10.2. The largest absolute Gasteiger partial charge is 0.483 e. The second-order valence-corrected chi connectivity index (χ2v) is 7.59. The number of aryl methyl sites for hydroxylation is 2. The summed E-state index contributed by atoms with van der Waals surface area (Å²) in [6.45, 7) is 2.11. The van der Waals surface area contributed by atoms with E-state index in [0.717, 1.165) is 11.3 Å². The monoisotopic (exact) mass is 462 g/mol. The number of ether oxygens (including phenoxy) is 1. The zero-order valence-corrected chi connectivity index (χ0v) is 17.8. The lowest BCUT2D eigenvalue weighted by atomic mass is 10.2. The molecule has 0 saturated heterocycles. The topological polar surface area (TPSA) is 101 Å². The number of carbonyl (C=O) groups is 1. The van der Waals surface area contributed by atoms with E-state index in [-0.39, 0.29) is 17.0 Å². The van der Waals surface area contributed by atoms with Crippen molar-refractivity contribution in [1.29, 1.82) is 5.26 Å². The maximum atomic E-state index is 12.8. The normalized spacial score (nSPS) is 11.1. The molecule has 0 spiro atoms. The Hall–Kier alpha value is -3.52. The van der Waals surface area contributed by atoms with Crippen LogP contribution in [0.5, 0.6) is 5.75 Å². The zero-order valence-electron chi connectivity index (χ0n) is 17.0. The van der Waals surface area contributed by atoms with Crippen LogP contribution >= 0.6 is 11.8 Å². The van der Waals surface area contributed by atoms with Crippen LogP contribution in [0.4, 0.5) is 18.9 Å². The zero-order chi connectivity index (χ0) is 23.3. The highest BCUT2D eigenvalue weighted by molar-refractivity contribution is 7.98. The Kier molecular flexibility index (Phi) is 7.05. The van der Waals surface area contributed by atoms with Crippen molar-refractivity contribution in [3.8, 4) is 11.8 Å². The number of thioether (sulfide) groups is 1. The molecule has 2 aromatic heterocycles. The molecule has 0 aliphatic heterocycles. The molecule has 1 amide bonds. The first-order chi connectivity index (χ1) is 15.2. The second-order valence-electron chi connectivity index (χ2n) is 6.63. The second kappa shape index (κ2) is 9.74. The Balaban J connectivity index is 1.74. The summed E-state index contributed by atoms with van der Waals surface area (Å²) in [5.41, 5.74) is 2.08. The molecular weight excluding hydrogens is 445 g/mol. The molecule has 32 heavy (non-hydrogen) atoms. The van der Waals surface area contributed by atoms with Gasteiger partial charge in [0.05, 0.1) is 16.8 Å². The molecule has 3 aromatic rings. The van der Waals surface area contributed by atoms with Crippen molar-refractivity contribution in [3.05, 3.63) is 64.7 Å². The maximum absolute atomic E-state index is 12.8. The fourth-order valence-corrected chi connectivity index (χ4v) is 3.85. The fourth-order valence-electron chi connectivity index (χ4n) is 2.71. The van der Waals surface area contributed by atoms with Crippen LogP contribution in [0.3, 0.4) is 0 Å². The average molecular weight is 462 g/mol. The Morgan fingerprint density at radius 2 is 2.09 bits per heavy atom. The van der Waals surface area contributed by atoms with Gasteiger partial charge in [0.2, 0.25) is 0 Å². The number of hydrogen-bond donors (Lipinski definition) is 1. The molecule has 11 heteroatoms. The molecule has 0 saturated carbocycles. The molecule has 0 radical (unpaired) electrons. The third-order valence-electron chi connectivity index (χ3n) is 4.30. The van der Waals surface area contributed by atoms with Crippen molar-refractivity contribution in [2.45, 2.75) is 30.8 Å². The van der Waals surface area contributed by atoms with E-state index in [9.17, 15) is 23.2 Å². The summed E-state index contributed by atoms with van der Waals surface area (Å²) in [6, 6.07) is 8.79. The van der Waals surface area contributed by atoms with Crippen LogP contribution in [0.2, 0.25) is 0 Å². The molecule has 0 aliphatic carbocycles. The number of rotatable bonds is 7. The number of anilines is 1. The van der Waals surface area contributed by atoms with E-state index in [4.69, 9.17) is 4.52 Å². The highest BCUT2D eigenvalue weighted by Gasteiger charge is 2.29. The average Bonchev–Trinajstić information content (AvgIpc) is 3.08. The van der Waals surface area contributed by atoms with Crippen molar-refractivity contribution in [2.75, 3.05) is 11.9 Å². The van der Waals surface area contributed by atoms with Gasteiger partial charge in [-0.2, -0.15) is 18.4 Å². The summed E-state index contributed by atoms with van der Waals surface area (Å²) in [4.78, 5) is 17.1. The van der Waals surface area contributed by atoms with Crippen LogP contribution in [0.15, 0.2) is 46.1 Å². The van der Waals surface area contributed by atoms with E-state index in [1.807, 2.05) is 6.92 Å². The van der Waals surface area contributed by atoms with Gasteiger partial charge in [-0.1, -0.05) is 5.16 Å². The van der Waals surface area contributed by atoms with Crippen LogP contribution in [0, 0.1) is 25.2 Å². The predicted molar refractivity (Wildman–Crippen MR) is 110 cm³/mol. The maximum Gasteiger partial charge on any atom is 0.422 e. The minimum Gasteiger partial charge on any atom is -0.483 e. The van der Waals surface area contributed by atoms with E-state index in [0.29, 0.717) is 22.1 Å². The number of amides is 1. The van der Waals surface area contributed by atoms with Gasteiger partial charge in [0, 0.05) is 23.2 Å². The predicted octanol–water partition coefficient (Wildman–Crippen LogP) is 5.04. The van der Waals surface area contributed by atoms with Gasteiger partial charge < -0.3 is 14.6 Å². The molecule has 1 N–H and O–H groups in total. The number of alkyl halides is 3. The number of nitrogens with one attached hydrogen (secondary N) is 1. The van der Waals surface area contributed by atoms with Gasteiger partial charge in [-0.05, 0) is 44.2 Å². The van der Waals surface area contributed by atoms with Crippen molar-refractivity contribution in [1.82, 2.24) is 10.1 Å². The third-order valence-corrected chi connectivity index (χ3v) is 5.33. The molecule has 3 rings (SSSR count). The number of carbonyl (C=O) groups excluding carboxylic acids is 1. The summed E-state index contributed by atoms with van der Waals surface area (Å²) in [7, 11) is 0. The van der Waals surface area contributed by atoms with E-state index in [1.54, 1.807) is 31.3 Å². The SMILES string of the molecule is Cc1noc(C)c1CSc1ncccc1C(=O)Nc1ccc(OCC(F)(F)F)c(C#N)c1. The lowest BCUT2D eigenvalue weighted by Gasteiger charge is -2.12. The number of hydrogen-bond acceptors (Lipinski definition) is 7. The van der Waals surface area contributed by atoms with Crippen LogP contribution in [0.1, 0.15) is 32.9 Å². The molecule has 1 aromatic carbocycles. The lowest BCUT2D eigenvalue weighted by molar-refractivity contribution is -0.153. The summed E-state index contributed by atoms with van der Waals surface area (Å²) in [6.07, 6.45) is -2.97. The van der Waals surface area contributed by atoms with Gasteiger partial charge in [-0.15, -0.1) is 11.8 Å². The molecule has 0 fully saturated rings. The number of benzene rings is 1. The Morgan fingerprint density at radius 1 is 1.31 bits per heavy atom. The molecule has 0 unspecified atom stereocenters. The van der Waals surface area contributed by atoms with Gasteiger partial charge in [0.1, 0.15) is 22.6 Å². The van der Waals surface area contributed by atoms with Crippen molar-refractivity contribution < 1.29 is 27.2 Å². The lowest BCUT2D eigenvalue weighted by Crippen LogP contribution is -2.19. The van der Waals surface area contributed by atoms with Crippen LogP contribution in [0.25, 0.3) is 0 Å². The molecular formula is C21H17F3N4O3S. The highest BCUT2D eigenvalue weighted by Crippen LogP contribution is 2.29. The van der Waals surface area contributed by atoms with Crippen LogP contribution in [-0.4, -0.2) is 28.8 Å². The molecule has 7 nitrogen and oxygen atoms in total. The van der Waals surface area contributed by atoms with Crippen LogP contribution < -0.4 is 10.1 Å². The number of nitriles is 1. The molecule has 0 aliphatic rings. The Morgan fingerprint density at radius 3 is 2.75 bits per heavy atom. The van der Waals surface area contributed by atoms with Crippen molar-refractivity contribution >= 4 is 23.4 Å². The number of nitrogens with zero attached hydrogens (tertiary/aromatic N) is 3. The van der Waals surface area contributed by atoms with E-state index < -0.39 is 18.7 Å². The van der Waals surface area contributed by atoms with Crippen molar-refractivity contribution in [2.24, 2.45) is 0 Å². The van der Waals surface area contributed by atoms with Gasteiger partial charge in [-0.3, -0.25) is 4.79 Å².